The molecule has 1 atom stereocenters. The van der Waals surface area contributed by atoms with Gasteiger partial charge in [0, 0.05) is 44.5 Å². The van der Waals surface area contributed by atoms with Crippen LogP contribution in [0, 0.1) is 5.92 Å². The van der Waals surface area contributed by atoms with E-state index in [9.17, 15) is 4.79 Å². The van der Waals surface area contributed by atoms with Crippen LogP contribution in [-0.4, -0.2) is 66.9 Å². The van der Waals surface area contributed by atoms with E-state index < -0.39 is 0 Å². The van der Waals surface area contributed by atoms with Crippen LogP contribution in [0.15, 0.2) is 36.5 Å². The largest absolute Gasteiger partial charge is 0.490 e. The highest BCUT2D eigenvalue weighted by atomic mass is 35.5. The van der Waals surface area contributed by atoms with Crippen LogP contribution < -0.4 is 4.74 Å². The quantitative estimate of drug-likeness (QED) is 0.830. The van der Waals surface area contributed by atoms with Gasteiger partial charge in [0.15, 0.2) is 5.78 Å². The predicted octanol–water partition coefficient (Wildman–Crippen LogP) is 2.84. The molecule has 0 bridgehead atoms. The first-order chi connectivity index (χ1) is 12.6. The minimum absolute atomic E-state index is 0.116. The molecule has 6 heteroatoms. The molecule has 0 radical (unpaired) electrons. The number of aromatic nitrogens is 1. The van der Waals surface area contributed by atoms with Crippen molar-refractivity contribution < 1.29 is 9.53 Å². The Labute approximate surface area is 158 Å². The second-order valence-corrected chi connectivity index (χ2v) is 7.43. The number of likely N-dealkylation sites (N-methyl/N-ethyl adjacent to an activating group) is 1. The van der Waals surface area contributed by atoms with Crippen molar-refractivity contribution in [3.63, 3.8) is 0 Å². The summed E-state index contributed by atoms with van der Waals surface area (Å²) < 4.78 is 5.88. The summed E-state index contributed by atoms with van der Waals surface area (Å²) in [5.41, 5.74) is 2.21. The predicted molar refractivity (Wildman–Crippen MR) is 102 cm³/mol. The van der Waals surface area contributed by atoms with Gasteiger partial charge in [-0.1, -0.05) is 17.7 Å². The van der Waals surface area contributed by atoms with Gasteiger partial charge < -0.3 is 9.64 Å². The molecule has 2 aliphatic rings. The maximum atomic E-state index is 13.1. The number of ketones is 1. The van der Waals surface area contributed by atoms with Crippen LogP contribution in [0.4, 0.5) is 0 Å². The van der Waals surface area contributed by atoms with Crippen molar-refractivity contribution in [3.05, 3.63) is 47.1 Å². The molecule has 1 aromatic carbocycles. The van der Waals surface area contributed by atoms with E-state index in [1.165, 1.54) is 0 Å². The van der Waals surface area contributed by atoms with Gasteiger partial charge in [-0.25, -0.2) is 0 Å². The molecule has 1 aromatic heterocycles. The lowest BCUT2D eigenvalue weighted by Gasteiger charge is -2.35. The number of rotatable bonds is 3. The topological polar surface area (TPSA) is 45.7 Å². The number of nitrogens with zero attached hydrogens (tertiary/aromatic N) is 3. The van der Waals surface area contributed by atoms with E-state index in [1.807, 2.05) is 30.3 Å². The molecule has 0 spiro atoms. The minimum atomic E-state index is -0.152. The number of Topliss-reactive ketones (excluding diaryl/α,β-unsaturated/α-hetero) is 1. The van der Waals surface area contributed by atoms with E-state index in [4.69, 9.17) is 16.3 Å². The van der Waals surface area contributed by atoms with Gasteiger partial charge in [-0.05, 0) is 31.3 Å². The zero-order valence-electron chi connectivity index (χ0n) is 14.8. The van der Waals surface area contributed by atoms with E-state index in [2.05, 4.69) is 21.8 Å². The molecule has 0 amide bonds. The molecule has 1 fully saturated rings. The van der Waals surface area contributed by atoms with E-state index in [-0.39, 0.29) is 11.7 Å². The fourth-order valence-electron chi connectivity index (χ4n) is 3.56. The van der Waals surface area contributed by atoms with Gasteiger partial charge in [-0.2, -0.15) is 0 Å². The fourth-order valence-corrected chi connectivity index (χ4v) is 3.84. The molecular weight excluding hydrogens is 350 g/mol. The second-order valence-electron chi connectivity index (χ2n) is 7.03. The number of carbonyl (C=O) groups excluding carboxylic acids is 1. The van der Waals surface area contributed by atoms with Crippen LogP contribution in [0.1, 0.15) is 10.4 Å². The number of fused-ring (bicyclic) bond motifs is 1. The lowest BCUT2D eigenvalue weighted by atomic mass is 9.92. The highest BCUT2D eigenvalue weighted by Gasteiger charge is 2.32. The Bertz CT molecular complexity index is 804. The van der Waals surface area contributed by atoms with Crippen molar-refractivity contribution >= 4 is 17.4 Å². The number of halogens is 1. The summed E-state index contributed by atoms with van der Waals surface area (Å²) in [6.07, 6.45) is 1.73. The zero-order chi connectivity index (χ0) is 18.1. The van der Waals surface area contributed by atoms with Gasteiger partial charge in [0.05, 0.1) is 28.8 Å². The maximum Gasteiger partial charge on any atom is 0.174 e. The summed E-state index contributed by atoms with van der Waals surface area (Å²) in [5.74, 6) is 0.469. The minimum Gasteiger partial charge on any atom is -0.490 e. The Kier molecular flexibility index (Phi) is 4.94. The lowest BCUT2D eigenvalue weighted by molar-refractivity contribution is 0.0712. The average Bonchev–Trinajstić information content (AvgIpc) is 2.66. The zero-order valence-corrected chi connectivity index (χ0v) is 15.6. The van der Waals surface area contributed by atoms with Gasteiger partial charge in [-0.3, -0.25) is 14.7 Å². The summed E-state index contributed by atoms with van der Waals surface area (Å²) in [6.45, 7) is 5.17. The number of hydrogen-bond acceptors (Lipinski definition) is 5. The van der Waals surface area contributed by atoms with Crippen molar-refractivity contribution in [3.8, 4) is 17.0 Å². The van der Waals surface area contributed by atoms with Crippen molar-refractivity contribution in [2.24, 2.45) is 5.92 Å². The first-order valence-electron chi connectivity index (χ1n) is 8.94. The third-order valence-corrected chi connectivity index (χ3v) is 5.42. The van der Waals surface area contributed by atoms with Crippen molar-refractivity contribution in [2.75, 3.05) is 46.4 Å². The third-order valence-electron chi connectivity index (χ3n) is 5.14. The summed E-state index contributed by atoms with van der Waals surface area (Å²) in [7, 11) is 2.13. The van der Waals surface area contributed by atoms with E-state index in [1.54, 1.807) is 6.20 Å². The molecule has 0 N–H and O–H groups in total. The summed E-state index contributed by atoms with van der Waals surface area (Å²) in [5, 5.41) is 0.467. The molecule has 2 aliphatic heterocycles. The molecular formula is C20H22ClN3O2. The number of ether oxygens (including phenoxy) is 1. The number of piperazine rings is 1. The SMILES string of the molecule is CN1CCN(CC2COc3c(Cl)cc(-c4ccccn4)cc3C2=O)CC1. The van der Waals surface area contributed by atoms with Crippen molar-refractivity contribution in [2.45, 2.75) is 0 Å². The van der Waals surface area contributed by atoms with Crippen LogP contribution in [0.2, 0.25) is 5.02 Å². The lowest BCUT2D eigenvalue weighted by Crippen LogP contribution is -2.48. The van der Waals surface area contributed by atoms with E-state index in [0.717, 1.165) is 44.0 Å². The van der Waals surface area contributed by atoms with Crippen LogP contribution in [-0.2, 0) is 0 Å². The molecule has 2 aromatic rings. The van der Waals surface area contributed by atoms with Gasteiger partial charge in [0.25, 0.3) is 0 Å². The van der Waals surface area contributed by atoms with Gasteiger partial charge in [-0.15, -0.1) is 0 Å². The molecule has 26 heavy (non-hydrogen) atoms. The fraction of sp³-hybridized carbons (Fsp3) is 0.400. The normalized spacial score (nSPS) is 21.3. The maximum absolute atomic E-state index is 13.1. The molecule has 0 saturated carbocycles. The molecule has 5 nitrogen and oxygen atoms in total. The second kappa shape index (κ2) is 7.35. The highest BCUT2D eigenvalue weighted by Crippen LogP contribution is 2.38. The average molecular weight is 372 g/mol. The van der Waals surface area contributed by atoms with E-state index >= 15 is 0 Å². The number of benzene rings is 1. The first-order valence-corrected chi connectivity index (χ1v) is 9.32. The molecule has 3 heterocycles. The molecule has 0 aliphatic carbocycles. The van der Waals surface area contributed by atoms with Gasteiger partial charge >= 0.3 is 0 Å². The first kappa shape index (κ1) is 17.5. The Morgan fingerprint density at radius 3 is 2.77 bits per heavy atom. The third kappa shape index (κ3) is 3.47. The van der Waals surface area contributed by atoms with Crippen LogP contribution in [0.3, 0.4) is 0 Å². The molecule has 4 rings (SSSR count). The number of pyridine rings is 1. The smallest absolute Gasteiger partial charge is 0.174 e. The summed E-state index contributed by atoms with van der Waals surface area (Å²) in [6, 6.07) is 9.38. The van der Waals surface area contributed by atoms with Crippen LogP contribution in [0.25, 0.3) is 11.3 Å². The van der Waals surface area contributed by atoms with Crippen LogP contribution >= 0.6 is 11.6 Å². The van der Waals surface area contributed by atoms with Crippen LogP contribution in [0.5, 0.6) is 5.75 Å². The van der Waals surface area contributed by atoms with Crippen molar-refractivity contribution in [1.82, 2.24) is 14.8 Å². The monoisotopic (exact) mass is 371 g/mol. The van der Waals surface area contributed by atoms with E-state index in [0.29, 0.717) is 22.9 Å². The standard InChI is InChI=1S/C20H22ClN3O2/c1-23-6-8-24(9-7-23)12-15-13-26-20-16(19(15)25)10-14(11-17(20)21)18-4-2-3-5-22-18/h2-5,10-11,15H,6-9,12-13H2,1H3. The van der Waals surface area contributed by atoms with Gasteiger partial charge in [0.2, 0.25) is 0 Å². The Balaban J connectivity index is 1.58. The summed E-state index contributed by atoms with van der Waals surface area (Å²) in [4.78, 5) is 22.1. The molecule has 136 valence electrons. The molecule has 1 unspecified atom stereocenters. The van der Waals surface area contributed by atoms with Crippen molar-refractivity contribution in [1.29, 1.82) is 0 Å². The number of hydrogen-bond donors (Lipinski definition) is 0. The van der Waals surface area contributed by atoms with Gasteiger partial charge in [0.1, 0.15) is 5.75 Å². The Morgan fingerprint density at radius 1 is 1.23 bits per heavy atom. The highest BCUT2D eigenvalue weighted by molar-refractivity contribution is 6.33. The summed E-state index contributed by atoms with van der Waals surface area (Å²) >= 11 is 6.40. The molecule has 1 saturated heterocycles. The Hall–Kier alpha value is -1.95. The Morgan fingerprint density at radius 2 is 2.04 bits per heavy atom. The number of carbonyl (C=O) groups is 1.